The van der Waals surface area contributed by atoms with Gasteiger partial charge in [0.2, 0.25) is 5.91 Å². The Morgan fingerprint density at radius 1 is 1.24 bits per heavy atom. The highest BCUT2D eigenvalue weighted by molar-refractivity contribution is 5.92. The summed E-state index contributed by atoms with van der Waals surface area (Å²) in [6.07, 6.45) is 5.28. The number of carbonyl (C=O) groups excluding carboxylic acids is 2. The van der Waals surface area contributed by atoms with Crippen LogP contribution in [0.3, 0.4) is 0 Å². The van der Waals surface area contributed by atoms with Crippen molar-refractivity contribution >= 4 is 11.8 Å². The third kappa shape index (κ3) is 7.02. The minimum Gasteiger partial charge on any atom is -0.376 e. The van der Waals surface area contributed by atoms with Crippen LogP contribution < -0.4 is 10.2 Å². The predicted molar refractivity (Wildman–Crippen MR) is 106 cm³/mol. The van der Waals surface area contributed by atoms with Crippen molar-refractivity contribution < 1.29 is 24.0 Å². The molecule has 2 amide bonds. The van der Waals surface area contributed by atoms with Crippen LogP contribution in [0.2, 0.25) is 0 Å². The maximum absolute atomic E-state index is 12.9. The zero-order valence-electron chi connectivity index (χ0n) is 17.2. The minimum absolute atomic E-state index is 0.0188. The third-order valence-electron chi connectivity index (χ3n) is 5.34. The van der Waals surface area contributed by atoms with Crippen molar-refractivity contribution in [1.29, 1.82) is 0 Å². The van der Waals surface area contributed by atoms with E-state index >= 15 is 0 Å². The van der Waals surface area contributed by atoms with Gasteiger partial charge in [0.15, 0.2) is 0 Å². The summed E-state index contributed by atoms with van der Waals surface area (Å²) in [4.78, 5) is 36.7. The number of quaternary nitrogens is 1. The van der Waals surface area contributed by atoms with Gasteiger partial charge in [-0.05, 0) is 19.8 Å². The van der Waals surface area contributed by atoms with E-state index in [0.29, 0.717) is 25.3 Å². The van der Waals surface area contributed by atoms with E-state index in [9.17, 15) is 9.59 Å². The van der Waals surface area contributed by atoms with Gasteiger partial charge in [-0.3, -0.25) is 14.6 Å². The number of aromatic nitrogens is 2. The highest BCUT2D eigenvalue weighted by atomic mass is 16.5. The van der Waals surface area contributed by atoms with Gasteiger partial charge in [0.1, 0.15) is 18.8 Å². The molecule has 2 N–H and O–H groups in total. The molecule has 0 spiro atoms. The van der Waals surface area contributed by atoms with Gasteiger partial charge in [-0.1, -0.05) is 0 Å². The SMILES string of the molecule is Cc1cnc(C(=O)N(CCC(=O)NCC[NH+]2CCOCC2)C[C@@H]2CCCO2)cn1. The van der Waals surface area contributed by atoms with E-state index in [0.717, 1.165) is 58.0 Å². The fraction of sp³-hybridized carbons (Fsp3) is 0.700. The van der Waals surface area contributed by atoms with Crippen molar-refractivity contribution in [3.8, 4) is 0 Å². The Morgan fingerprint density at radius 3 is 2.76 bits per heavy atom. The summed E-state index contributed by atoms with van der Waals surface area (Å²) in [5.41, 5.74) is 1.05. The van der Waals surface area contributed by atoms with Crippen LogP contribution in [-0.2, 0) is 14.3 Å². The summed E-state index contributed by atoms with van der Waals surface area (Å²) < 4.78 is 11.0. The van der Waals surface area contributed by atoms with Crippen LogP contribution in [0.1, 0.15) is 35.4 Å². The number of hydrogen-bond acceptors (Lipinski definition) is 6. The molecule has 0 bridgehead atoms. The quantitative estimate of drug-likeness (QED) is 0.536. The summed E-state index contributed by atoms with van der Waals surface area (Å²) in [7, 11) is 0. The highest BCUT2D eigenvalue weighted by Gasteiger charge is 2.25. The Kier molecular flexibility index (Phi) is 8.33. The molecule has 0 radical (unpaired) electrons. The number of nitrogens with zero attached hydrogens (tertiary/aromatic N) is 3. The average molecular weight is 407 g/mol. The molecule has 2 aliphatic heterocycles. The molecule has 1 aromatic rings. The summed E-state index contributed by atoms with van der Waals surface area (Å²) in [6, 6.07) is 0. The van der Waals surface area contributed by atoms with Crippen LogP contribution in [0.5, 0.6) is 0 Å². The van der Waals surface area contributed by atoms with Gasteiger partial charge in [0, 0.05) is 32.3 Å². The van der Waals surface area contributed by atoms with Gasteiger partial charge in [0.05, 0.1) is 44.3 Å². The van der Waals surface area contributed by atoms with Crippen molar-refractivity contribution in [3.05, 3.63) is 23.8 Å². The smallest absolute Gasteiger partial charge is 0.274 e. The molecule has 160 valence electrons. The zero-order chi connectivity index (χ0) is 20.5. The Bertz CT molecular complexity index is 657. The first-order valence-electron chi connectivity index (χ1n) is 10.5. The van der Waals surface area contributed by atoms with E-state index in [-0.39, 0.29) is 24.3 Å². The molecule has 9 nitrogen and oxygen atoms in total. The molecule has 29 heavy (non-hydrogen) atoms. The second-order valence-corrected chi connectivity index (χ2v) is 7.64. The van der Waals surface area contributed by atoms with Crippen molar-refractivity contribution in [3.63, 3.8) is 0 Å². The number of morpholine rings is 1. The fourth-order valence-corrected chi connectivity index (χ4v) is 3.59. The van der Waals surface area contributed by atoms with E-state index in [1.54, 1.807) is 11.1 Å². The van der Waals surface area contributed by atoms with Crippen molar-refractivity contribution in [2.45, 2.75) is 32.3 Å². The lowest BCUT2D eigenvalue weighted by molar-refractivity contribution is -0.906. The Hall–Kier alpha value is -2.10. The van der Waals surface area contributed by atoms with Crippen molar-refractivity contribution in [2.75, 3.05) is 59.1 Å². The largest absolute Gasteiger partial charge is 0.376 e. The molecule has 0 aromatic carbocycles. The first-order valence-corrected chi connectivity index (χ1v) is 10.5. The van der Waals surface area contributed by atoms with Gasteiger partial charge in [-0.25, -0.2) is 4.98 Å². The number of hydrogen-bond donors (Lipinski definition) is 2. The van der Waals surface area contributed by atoms with Crippen LogP contribution >= 0.6 is 0 Å². The third-order valence-corrected chi connectivity index (χ3v) is 5.34. The summed E-state index contributed by atoms with van der Waals surface area (Å²) in [5.74, 6) is -0.253. The number of nitrogens with one attached hydrogen (secondary N) is 2. The Balaban J connectivity index is 1.48. The lowest BCUT2D eigenvalue weighted by Gasteiger charge is -2.25. The molecule has 3 heterocycles. The maximum atomic E-state index is 12.9. The van der Waals surface area contributed by atoms with E-state index in [4.69, 9.17) is 9.47 Å². The number of ether oxygens (including phenoxy) is 2. The fourth-order valence-electron chi connectivity index (χ4n) is 3.59. The first-order chi connectivity index (χ1) is 14.1. The first kappa shape index (κ1) is 21.6. The van der Waals surface area contributed by atoms with Crippen molar-refractivity contribution in [1.82, 2.24) is 20.2 Å². The lowest BCUT2D eigenvalue weighted by atomic mass is 10.2. The molecular weight excluding hydrogens is 374 g/mol. The molecule has 2 aliphatic rings. The molecule has 2 fully saturated rings. The van der Waals surface area contributed by atoms with E-state index in [1.165, 1.54) is 11.1 Å². The summed E-state index contributed by atoms with van der Waals surface area (Å²) in [5, 5.41) is 2.97. The normalized spacial score (nSPS) is 19.8. The second-order valence-electron chi connectivity index (χ2n) is 7.64. The van der Waals surface area contributed by atoms with Gasteiger partial charge < -0.3 is 24.6 Å². The molecular formula is C20H32N5O4+. The summed E-state index contributed by atoms with van der Waals surface area (Å²) in [6.45, 7) is 8.43. The highest BCUT2D eigenvalue weighted by Crippen LogP contribution is 2.15. The molecule has 3 rings (SSSR count). The van der Waals surface area contributed by atoms with Crippen LogP contribution in [0.25, 0.3) is 0 Å². The van der Waals surface area contributed by atoms with Crippen LogP contribution in [-0.4, -0.2) is 91.9 Å². The number of amides is 2. The maximum Gasteiger partial charge on any atom is 0.274 e. The van der Waals surface area contributed by atoms with E-state index < -0.39 is 0 Å². The molecule has 2 saturated heterocycles. The topological polar surface area (TPSA) is 98.1 Å². The summed E-state index contributed by atoms with van der Waals surface area (Å²) >= 11 is 0. The second kappa shape index (κ2) is 11.2. The molecule has 0 saturated carbocycles. The van der Waals surface area contributed by atoms with Crippen LogP contribution in [0.15, 0.2) is 12.4 Å². The van der Waals surface area contributed by atoms with Gasteiger partial charge >= 0.3 is 0 Å². The standard InChI is InChI=1S/C20H31N5O4/c1-16-13-23-18(14-22-16)20(27)25(15-17-3-2-10-29-17)6-4-19(26)21-5-7-24-8-11-28-12-9-24/h13-14,17H,2-12,15H2,1H3,(H,21,26)/p+1/t17-/m0/s1. The molecule has 1 aromatic heterocycles. The van der Waals surface area contributed by atoms with Crippen LogP contribution in [0, 0.1) is 6.92 Å². The Labute approximate surface area is 171 Å². The minimum atomic E-state index is -0.210. The number of aryl methyl sites for hydroxylation is 1. The monoisotopic (exact) mass is 406 g/mol. The van der Waals surface area contributed by atoms with E-state index in [2.05, 4.69) is 15.3 Å². The van der Waals surface area contributed by atoms with Gasteiger partial charge in [-0.2, -0.15) is 0 Å². The van der Waals surface area contributed by atoms with E-state index in [1.807, 2.05) is 6.92 Å². The van der Waals surface area contributed by atoms with Crippen molar-refractivity contribution in [2.24, 2.45) is 0 Å². The lowest BCUT2D eigenvalue weighted by Crippen LogP contribution is -3.14. The molecule has 0 unspecified atom stereocenters. The van der Waals surface area contributed by atoms with Gasteiger partial charge in [-0.15, -0.1) is 0 Å². The number of rotatable bonds is 9. The average Bonchev–Trinajstić information content (AvgIpc) is 3.25. The molecule has 1 atom stereocenters. The van der Waals surface area contributed by atoms with Gasteiger partial charge in [0.25, 0.3) is 5.91 Å². The molecule has 0 aliphatic carbocycles. The molecule has 9 heteroatoms. The number of carbonyl (C=O) groups is 2. The predicted octanol–water partition coefficient (Wildman–Crippen LogP) is -1.17. The zero-order valence-corrected chi connectivity index (χ0v) is 17.2. The Morgan fingerprint density at radius 2 is 2.07 bits per heavy atom. The van der Waals surface area contributed by atoms with Crippen LogP contribution in [0.4, 0.5) is 0 Å².